The Morgan fingerprint density at radius 3 is 0.816 bits per heavy atom. The van der Waals surface area contributed by atoms with E-state index in [1.54, 1.807) is 0 Å². The second-order valence-electron chi connectivity index (χ2n) is 12.4. The third kappa shape index (κ3) is 4.30. The highest BCUT2D eigenvalue weighted by molar-refractivity contribution is 7.35. The second kappa shape index (κ2) is 10.9. The molecule has 0 spiro atoms. The molecular formula is C44H24S5. The molecule has 0 aliphatic carbocycles. The van der Waals surface area contributed by atoms with E-state index in [-0.39, 0.29) is 0 Å². The van der Waals surface area contributed by atoms with E-state index in [9.17, 15) is 0 Å². The van der Waals surface area contributed by atoms with E-state index in [2.05, 4.69) is 146 Å². The van der Waals surface area contributed by atoms with Crippen LogP contribution in [-0.4, -0.2) is 0 Å². The minimum absolute atomic E-state index is 1.28. The Morgan fingerprint density at radius 2 is 0.510 bits per heavy atom. The lowest BCUT2D eigenvalue weighted by Gasteiger charge is -2.01. The molecule has 0 N–H and O–H groups in total. The van der Waals surface area contributed by atoms with Gasteiger partial charge in [-0.3, -0.25) is 0 Å². The second-order valence-corrected chi connectivity index (χ2v) is 17.6. The molecular weight excluding hydrogens is 689 g/mol. The van der Waals surface area contributed by atoms with E-state index in [0.717, 1.165) is 0 Å². The van der Waals surface area contributed by atoms with Crippen LogP contribution in [0.4, 0.5) is 0 Å². The molecule has 5 heteroatoms. The average Bonchev–Trinajstić information content (AvgIpc) is 3.99. The summed E-state index contributed by atoms with van der Waals surface area (Å²) in [7, 11) is 0. The third-order valence-electron chi connectivity index (χ3n) is 9.51. The number of thiophene rings is 5. The molecule has 11 rings (SSSR count). The Morgan fingerprint density at radius 1 is 0.245 bits per heavy atom. The van der Waals surface area contributed by atoms with Gasteiger partial charge in [0.1, 0.15) is 0 Å². The summed E-state index contributed by atoms with van der Waals surface area (Å²) in [6, 6.07) is 53.5. The van der Waals surface area contributed by atoms with Gasteiger partial charge in [-0.25, -0.2) is 0 Å². The van der Waals surface area contributed by atoms with Gasteiger partial charge in [0.25, 0.3) is 0 Å². The van der Waals surface area contributed by atoms with Crippen LogP contribution in [0.5, 0.6) is 0 Å². The van der Waals surface area contributed by atoms with E-state index in [4.69, 9.17) is 0 Å². The van der Waals surface area contributed by atoms with Crippen molar-refractivity contribution in [3.8, 4) is 41.8 Å². The highest BCUT2D eigenvalue weighted by Crippen LogP contribution is 2.56. The zero-order valence-electron chi connectivity index (χ0n) is 25.9. The van der Waals surface area contributed by atoms with Crippen molar-refractivity contribution in [2.24, 2.45) is 0 Å². The first-order valence-electron chi connectivity index (χ1n) is 16.2. The molecule has 5 heterocycles. The molecule has 5 aromatic heterocycles. The molecule has 6 aromatic carbocycles. The van der Waals surface area contributed by atoms with E-state index in [1.807, 2.05) is 56.7 Å². The summed E-state index contributed by atoms with van der Waals surface area (Å²) in [5.41, 5.74) is 5.13. The highest BCUT2D eigenvalue weighted by atomic mass is 32.1. The van der Waals surface area contributed by atoms with Crippen LogP contribution in [0.2, 0.25) is 0 Å². The first-order valence-corrected chi connectivity index (χ1v) is 20.3. The summed E-state index contributed by atoms with van der Waals surface area (Å²) in [6.45, 7) is 0. The quantitative estimate of drug-likeness (QED) is 0.170. The van der Waals surface area contributed by atoms with Crippen molar-refractivity contribution in [2.75, 3.05) is 0 Å². The van der Waals surface area contributed by atoms with Crippen LogP contribution >= 0.6 is 56.7 Å². The summed E-state index contributed by atoms with van der Waals surface area (Å²) < 4.78 is 8.41. The number of rotatable bonds is 4. The fraction of sp³-hybridized carbons (Fsp3) is 0. The molecule has 0 radical (unpaired) electrons. The smallest absolute Gasteiger partial charge is 0.0542 e. The van der Waals surface area contributed by atoms with Crippen LogP contribution in [0, 0.1) is 0 Å². The van der Waals surface area contributed by atoms with Gasteiger partial charge in [-0.15, -0.1) is 56.7 Å². The van der Waals surface area contributed by atoms with Crippen molar-refractivity contribution in [1.82, 2.24) is 0 Å². The molecule has 0 amide bonds. The predicted molar refractivity (Wildman–Crippen MR) is 223 cm³/mol. The topological polar surface area (TPSA) is 0 Å². The van der Waals surface area contributed by atoms with Gasteiger partial charge in [0.2, 0.25) is 0 Å². The minimum atomic E-state index is 1.28. The molecule has 0 bridgehead atoms. The summed E-state index contributed by atoms with van der Waals surface area (Å²) in [6.07, 6.45) is 0. The molecule has 230 valence electrons. The van der Waals surface area contributed by atoms with Gasteiger partial charge in [-0.1, -0.05) is 121 Å². The van der Waals surface area contributed by atoms with Crippen molar-refractivity contribution in [3.05, 3.63) is 146 Å². The van der Waals surface area contributed by atoms with Crippen LogP contribution in [0.15, 0.2) is 146 Å². The van der Waals surface area contributed by atoms with E-state index >= 15 is 0 Å². The fourth-order valence-corrected chi connectivity index (χ4v) is 13.8. The van der Waals surface area contributed by atoms with Crippen molar-refractivity contribution in [1.29, 1.82) is 0 Å². The molecule has 0 saturated heterocycles. The maximum atomic E-state index is 2.48. The minimum Gasteiger partial charge on any atom is -0.134 e. The van der Waals surface area contributed by atoms with Crippen molar-refractivity contribution < 1.29 is 0 Å². The van der Waals surface area contributed by atoms with Crippen LogP contribution < -0.4 is 0 Å². The third-order valence-corrected chi connectivity index (χ3v) is 15.8. The SMILES string of the molecule is c1ccc(-c2cc3c(s2)c2sc(-c4ccccc4)cc2c2c3sc3c4cc(-c5ccccc5)sc4c4sc(-c5ccccc5)cc4c32)cc1. The molecule has 0 nitrogen and oxygen atoms in total. The highest BCUT2D eigenvalue weighted by Gasteiger charge is 2.25. The van der Waals surface area contributed by atoms with Crippen molar-refractivity contribution in [2.45, 2.75) is 0 Å². The number of hydrogen-bond donors (Lipinski definition) is 0. The van der Waals surface area contributed by atoms with Gasteiger partial charge < -0.3 is 0 Å². The molecule has 0 saturated carbocycles. The monoisotopic (exact) mass is 712 g/mol. The van der Waals surface area contributed by atoms with E-state index in [0.29, 0.717) is 0 Å². The standard InChI is InChI=1S/C44H24S5/c1-5-13-25(14-6-1)33-21-29-37-38-30-22-34(26-15-7-2-8-16-26)46-42(30)44-32(24-36(48-44)28-19-11-4-12-20-28)40(38)49-39(37)31-23-35(27-17-9-3-10-18-27)47-43(31)41(29)45-33/h1-24H. The van der Waals surface area contributed by atoms with Crippen LogP contribution in [0.3, 0.4) is 0 Å². The zero-order valence-corrected chi connectivity index (χ0v) is 30.0. The Bertz CT molecular complexity index is 2800. The van der Waals surface area contributed by atoms with Crippen molar-refractivity contribution >= 4 is 117 Å². The number of benzene rings is 6. The first-order chi connectivity index (χ1) is 24.3. The molecule has 0 atom stereocenters. The van der Waals surface area contributed by atoms with Gasteiger partial charge in [0.15, 0.2) is 0 Å². The summed E-state index contributed by atoms with van der Waals surface area (Å²) in [4.78, 5) is 5.31. The lowest BCUT2D eigenvalue weighted by molar-refractivity contribution is 1.70. The van der Waals surface area contributed by atoms with E-state index in [1.165, 1.54) is 102 Å². The normalized spacial score (nSPS) is 12.1. The van der Waals surface area contributed by atoms with Gasteiger partial charge >= 0.3 is 0 Å². The van der Waals surface area contributed by atoms with Gasteiger partial charge in [-0.05, 0) is 46.5 Å². The molecule has 11 aromatic rings. The fourth-order valence-electron chi connectivity index (χ4n) is 7.25. The van der Waals surface area contributed by atoms with Gasteiger partial charge in [0, 0.05) is 61.2 Å². The summed E-state index contributed by atoms with van der Waals surface area (Å²) in [5.74, 6) is 0. The first kappa shape index (κ1) is 28.2. The Balaban J connectivity index is 1.33. The molecule has 0 aliphatic rings. The average molecular weight is 713 g/mol. The summed E-state index contributed by atoms with van der Waals surface area (Å²) >= 11 is 9.78. The molecule has 0 fully saturated rings. The van der Waals surface area contributed by atoms with Gasteiger partial charge in [-0.2, -0.15) is 0 Å². The zero-order chi connectivity index (χ0) is 32.1. The maximum Gasteiger partial charge on any atom is 0.0542 e. The van der Waals surface area contributed by atoms with E-state index < -0.39 is 0 Å². The molecule has 0 aliphatic heterocycles. The molecule has 49 heavy (non-hydrogen) atoms. The largest absolute Gasteiger partial charge is 0.134 e. The lowest BCUT2D eigenvalue weighted by atomic mass is 10.0. The number of hydrogen-bond acceptors (Lipinski definition) is 5. The van der Waals surface area contributed by atoms with Crippen LogP contribution in [0.25, 0.3) is 102 Å². The van der Waals surface area contributed by atoms with Crippen LogP contribution in [-0.2, 0) is 0 Å². The Kier molecular flexibility index (Phi) is 6.31. The number of fused-ring (bicyclic) bond motifs is 13. The lowest BCUT2D eigenvalue weighted by Crippen LogP contribution is -1.73. The van der Waals surface area contributed by atoms with Gasteiger partial charge in [0.05, 0.1) is 18.8 Å². The summed E-state index contributed by atoms with van der Waals surface area (Å²) in [5, 5.41) is 8.35. The van der Waals surface area contributed by atoms with Crippen molar-refractivity contribution in [3.63, 3.8) is 0 Å². The molecule has 0 unspecified atom stereocenters. The Hall–Kier alpha value is -4.62. The van der Waals surface area contributed by atoms with Crippen LogP contribution in [0.1, 0.15) is 0 Å². The maximum absolute atomic E-state index is 2.48. The Labute approximate surface area is 302 Å². The predicted octanol–water partition coefficient (Wildman–Crippen LogP) is 15.6.